The molecule has 0 fully saturated rings. The van der Waals surface area contributed by atoms with E-state index >= 15 is 0 Å². The van der Waals surface area contributed by atoms with Crippen LogP contribution in [-0.4, -0.2) is 84.6 Å². The Morgan fingerprint density at radius 2 is 1.71 bits per heavy atom. The predicted molar refractivity (Wildman–Crippen MR) is 153 cm³/mol. The van der Waals surface area contributed by atoms with Gasteiger partial charge < -0.3 is 45.1 Å². The Labute approximate surface area is 239 Å². The van der Waals surface area contributed by atoms with E-state index in [1.165, 1.54) is 0 Å². The number of aliphatic hydroxyl groups is 1. The fourth-order valence-electron chi connectivity index (χ4n) is 4.70. The van der Waals surface area contributed by atoms with Gasteiger partial charge in [0.25, 0.3) is 0 Å². The first-order chi connectivity index (χ1) is 19.5. The van der Waals surface area contributed by atoms with E-state index in [4.69, 9.17) is 14.2 Å². The van der Waals surface area contributed by atoms with Gasteiger partial charge in [-0.25, -0.2) is 9.59 Å². The van der Waals surface area contributed by atoms with Crippen molar-refractivity contribution in [1.29, 1.82) is 0 Å². The van der Waals surface area contributed by atoms with Crippen molar-refractivity contribution in [3.8, 4) is 17.2 Å². The molecule has 0 aromatic heterocycles. The number of aliphatic hydroxyl groups excluding tert-OH is 1. The van der Waals surface area contributed by atoms with Gasteiger partial charge in [-0.2, -0.15) is 0 Å². The first kappa shape index (κ1) is 29.8. The molecule has 4 N–H and O–H groups in total. The fourth-order valence-corrected chi connectivity index (χ4v) is 4.70. The smallest absolute Gasteiger partial charge is 0.323 e. The number of urea groups is 2. The van der Waals surface area contributed by atoms with E-state index in [0.717, 1.165) is 0 Å². The van der Waals surface area contributed by atoms with Gasteiger partial charge in [0.2, 0.25) is 12.7 Å². The largest absolute Gasteiger partial charge is 0.488 e. The molecule has 3 atom stereocenters. The zero-order valence-corrected chi connectivity index (χ0v) is 24.1. The molecule has 5 amide bonds. The third kappa shape index (κ3) is 7.51. The first-order valence-electron chi connectivity index (χ1n) is 13.7. The summed E-state index contributed by atoms with van der Waals surface area (Å²) in [4.78, 5) is 42.0. The Morgan fingerprint density at radius 1 is 1.05 bits per heavy atom. The molecule has 0 spiro atoms. The van der Waals surface area contributed by atoms with Crippen molar-refractivity contribution in [2.75, 3.05) is 44.2 Å². The SMILES string of the molecule is CC(C)NC(=O)N(C)C[C@@H]1Oc2ccc(NC(=O)Nc3ccc4c(c3)OCO4)cc2CC(=O)N([C@H](C)CO)C[C@@H]1C. The highest BCUT2D eigenvalue weighted by atomic mass is 16.7. The van der Waals surface area contributed by atoms with Crippen LogP contribution in [0.15, 0.2) is 36.4 Å². The zero-order valence-electron chi connectivity index (χ0n) is 24.1. The van der Waals surface area contributed by atoms with Gasteiger partial charge in [0, 0.05) is 48.6 Å². The Balaban J connectivity index is 1.55. The molecule has 2 aliphatic heterocycles. The summed E-state index contributed by atoms with van der Waals surface area (Å²) in [5, 5.41) is 18.3. The van der Waals surface area contributed by atoms with Gasteiger partial charge in [-0.1, -0.05) is 6.92 Å². The van der Waals surface area contributed by atoms with Crippen molar-refractivity contribution in [3.63, 3.8) is 0 Å². The molecule has 0 aliphatic carbocycles. The molecule has 2 heterocycles. The molecule has 2 aromatic rings. The van der Waals surface area contributed by atoms with Crippen LogP contribution in [0, 0.1) is 5.92 Å². The van der Waals surface area contributed by atoms with Crippen molar-refractivity contribution in [2.45, 2.75) is 52.3 Å². The summed E-state index contributed by atoms with van der Waals surface area (Å²) in [6, 6.07) is 9.11. The number of nitrogens with one attached hydrogen (secondary N) is 3. The summed E-state index contributed by atoms with van der Waals surface area (Å²) in [6.45, 7) is 8.12. The molecular formula is C29H39N5O7. The molecule has 4 rings (SSSR count). The van der Waals surface area contributed by atoms with Crippen molar-refractivity contribution >= 4 is 29.3 Å². The molecule has 2 aromatic carbocycles. The van der Waals surface area contributed by atoms with Gasteiger partial charge in [0.05, 0.1) is 25.6 Å². The van der Waals surface area contributed by atoms with Crippen molar-refractivity contribution < 1.29 is 33.7 Å². The minimum absolute atomic E-state index is 0.0160. The lowest BCUT2D eigenvalue weighted by Crippen LogP contribution is -2.49. The molecule has 2 aliphatic rings. The number of fused-ring (bicyclic) bond motifs is 2. The van der Waals surface area contributed by atoms with Crippen LogP contribution in [0.25, 0.3) is 0 Å². The summed E-state index contributed by atoms with van der Waals surface area (Å²) >= 11 is 0. The molecule has 0 bridgehead atoms. The maximum absolute atomic E-state index is 13.4. The average molecular weight is 570 g/mol. The molecule has 41 heavy (non-hydrogen) atoms. The number of amides is 5. The van der Waals surface area contributed by atoms with Crippen LogP contribution in [0.2, 0.25) is 0 Å². The maximum atomic E-state index is 13.4. The standard InChI is InChI=1S/C29H39N5O7/c1-17(2)30-29(38)33(5)14-26-18(3)13-34(19(4)15-35)27(36)11-20-10-21(6-8-23(20)41-26)31-28(37)32-22-7-9-24-25(12-22)40-16-39-24/h6-10,12,17-19,26,35H,11,13-16H2,1-5H3,(H,30,38)(H2,31,32,37)/t18-,19+,26-/m0/s1. The van der Waals surface area contributed by atoms with E-state index in [2.05, 4.69) is 16.0 Å². The van der Waals surface area contributed by atoms with Crippen LogP contribution >= 0.6 is 0 Å². The lowest BCUT2D eigenvalue weighted by Gasteiger charge is -2.34. The summed E-state index contributed by atoms with van der Waals surface area (Å²) in [6.07, 6.45) is -0.425. The Bertz CT molecular complexity index is 1270. The van der Waals surface area contributed by atoms with Crippen molar-refractivity contribution in [3.05, 3.63) is 42.0 Å². The Morgan fingerprint density at radius 3 is 2.39 bits per heavy atom. The second kappa shape index (κ2) is 13.0. The number of rotatable bonds is 7. The van der Waals surface area contributed by atoms with Gasteiger partial charge in [-0.3, -0.25) is 4.79 Å². The average Bonchev–Trinajstić information content (AvgIpc) is 3.40. The van der Waals surface area contributed by atoms with E-state index in [1.54, 1.807) is 60.2 Å². The minimum atomic E-state index is -0.473. The van der Waals surface area contributed by atoms with E-state index in [0.29, 0.717) is 40.7 Å². The normalized spacial score (nSPS) is 18.8. The topological polar surface area (TPSA) is 142 Å². The maximum Gasteiger partial charge on any atom is 0.323 e. The van der Waals surface area contributed by atoms with Crippen molar-refractivity contribution in [2.24, 2.45) is 5.92 Å². The molecule has 0 saturated carbocycles. The van der Waals surface area contributed by atoms with Gasteiger partial charge in [0.15, 0.2) is 11.5 Å². The van der Waals surface area contributed by atoms with Crippen LogP contribution < -0.4 is 30.2 Å². The number of carbonyl (C=O) groups is 3. The number of hydrogen-bond acceptors (Lipinski definition) is 7. The molecule has 0 radical (unpaired) electrons. The summed E-state index contributed by atoms with van der Waals surface area (Å²) in [5.74, 6) is 1.33. The lowest BCUT2D eigenvalue weighted by atomic mass is 10.0. The van der Waals surface area contributed by atoms with E-state index in [-0.39, 0.29) is 50.3 Å². The summed E-state index contributed by atoms with van der Waals surface area (Å²) in [7, 11) is 1.70. The van der Waals surface area contributed by atoms with E-state index < -0.39 is 18.2 Å². The highest BCUT2D eigenvalue weighted by molar-refractivity contribution is 6.00. The van der Waals surface area contributed by atoms with Crippen LogP contribution in [0.5, 0.6) is 17.2 Å². The second-order valence-corrected chi connectivity index (χ2v) is 10.8. The van der Waals surface area contributed by atoms with Crippen LogP contribution in [0.1, 0.15) is 33.3 Å². The highest BCUT2D eigenvalue weighted by Crippen LogP contribution is 2.34. The lowest BCUT2D eigenvalue weighted by molar-refractivity contribution is -0.134. The molecular weight excluding hydrogens is 530 g/mol. The number of nitrogens with zero attached hydrogens (tertiary/aromatic N) is 2. The zero-order chi connectivity index (χ0) is 29.7. The predicted octanol–water partition coefficient (Wildman–Crippen LogP) is 3.26. The monoisotopic (exact) mass is 569 g/mol. The number of likely N-dealkylation sites (N-methyl/N-ethyl adjacent to an activating group) is 1. The van der Waals surface area contributed by atoms with Gasteiger partial charge in [0.1, 0.15) is 11.9 Å². The summed E-state index contributed by atoms with van der Waals surface area (Å²) in [5.41, 5.74) is 1.58. The number of benzene rings is 2. The van der Waals surface area contributed by atoms with E-state index in [9.17, 15) is 19.5 Å². The van der Waals surface area contributed by atoms with E-state index in [1.807, 2.05) is 20.8 Å². The number of ether oxygens (including phenoxy) is 3. The van der Waals surface area contributed by atoms with Crippen LogP contribution in [-0.2, 0) is 11.2 Å². The van der Waals surface area contributed by atoms with Gasteiger partial charge in [-0.15, -0.1) is 0 Å². The van der Waals surface area contributed by atoms with Crippen molar-refractivity contribution in [1.82, 2.24) is 15.1 Å². The van der Waals surface area contributed by atoms with Gasteiger partial charge >= 0.3 is 12.1 Å². The number of anilines is 2. The third-order valence-corrected chi connectivity index (χ3v) is 7.02. The van der Waals surface area contributed by atoms with Gasteiger partial charge in [-0.05, 0) is 51.1 Å². The Kier molecular flexibility index (Phi) is 9.43. The molecule has 222 valence electrons. The number of hydrogen-bond donors (Lipinski definition) is 4. The minimum Gasteiger partial charge on any atom is -0.488 e. The quantitative estimate of drug-likeness (QED) is 0.401. The molecule has 12 heteroatoms. The highest BCUT2D eigenvalue weighted by Gasteiger charge is 2.32. The number of carbonyl (C=O) groups excluding carboxylic acids is 3. The first-order valence-corrected chi connectivity index (χ1v) is 13.7. The molecule has 0 unspecified atom stereocenters. The Hall–Kier alpha value is -4.19. The van der Waals surface area contributed by atoms with Crippen LogP contribution in [0.4, 0.5) is 21.0 Å². The van der Waals surface area contributed by atoms with Crippen LogP contribution in [0.3, 0.4) is 0 Å². The molecule has 12 nitrogen and oxygen atoms in total. The molecule has 0 saturated heterocycles. The fraction of sp³-hybridized carbons (Fsp3) is 0.483. The third-order valence-electron chi connectivity index (χ3n) is 7.02. The second-order valence-electron chi connectivity index (χ2n) is 10.8. The summed E-state index contributed by atoms with van der Waals surface area (Å²) < 4.78 is 17.1.